The summed E-state index contributed by atoms with van der Waals surface area (Å²) in [7, 11) is -3.24. The molecule has 0 unspecified atom stereocenters. The fraction of sp³-hybridized carbons (Fsp3) is 0.765. The van der Waals surface area contributed by atoms with Gasteiger partial charge in [0, 0.05) is 18.7 Å². The largest absolute Gasteiger partial charge is 0.299 e. The average molecular weight is 353 g/mol. The minimum Gasteiger partial charge on any atom is -0.299 e. The smallest absolute Gasteiger partial charge is 0.256 e. The summed E-state index contributed by atoms with van der Waals surface area (Å²) >= 11 is 0. The van der Waals surface area contributed by atoms with Crippen LogP contribution in [0, 0.1) is 11.3 Å². The maximum absolute atomic E-state index is 12.7. The van der Waals surface area contributed by atoms with Gasteiger partial charge in [0.15, 0.2) is 0 Å². The molecule has 0 bridgehead atoms. The quantitative estimate of drug-likeness (QED) is 0.830. The van der Waals surface area contributed by atoms with Crippen LogP contribution in [0.4, 0.5) is 0 Å². The van der Waals surface area contributed by atoms with Crippen LogP contribution in [0.15, 0.2) is 11.1 Å². The van der Waals surface area contributed by atoms with E-state index in [4.69, 9.17) is 0 Å². The average Bonchev–Trinajstić information content (AvgIpc) is 2.51. The van der Waals surface area contributed by atoms with Gasteiger partial charge in [-0.05, 0) is 43.4 Å². The molecule has 2 heterocycles. The van der Waals surface area contributed by atoms with Gasteiger partial charge in [0.2, 0.25) is 10.0 Å². The Morgan fingerprint density at radius 2 is 1.96 bits per heavy atom. The van der Waals surface area contributed by atoms with E-state index in [0.29, 0.717) is 35.6 Å². The van der Waals surface area contributed by atoms with E-state index in [-0.39, 0.29) is 12.1 Å². The van der Waals surface area contributed by atoms with Gasteiger partial charge in [-0.3, -0.25) is 9.36 Å². The van der Waals surface area contributed by atoms with Gasteiger partial charge in [-0.2, -0.15) is 4.31 Å². The van der Waals surface area contributed by atoms with E-state index < -0.39 is 10.0 Å². The van der Waals surface area contributed by atoms with Gasteiger partial charge in [0.1, 0.15) is 0 Å². The fourth-order valence-corrected chi connectivity index (χ4v) is 4.55. The van der Waals surface area contributed by atoms with Crippen molar-refractivity contribution in [3.8, 4) is 0 Å². The van der Waals surface area contributed by atoms with Crippen molar-refractivity contribution >= 4 is 10.0 Å². The molecule has 1 aromatic heterocycles. The van der Waals surface area contributed by atoms with Crippen LogP contribution in [0.25, 0.3) is 0 Å². The molecule has 134 valence electrons. The first-order chi connectivity index (χ1) is 11.2. The first-order valence-electron chi connectivity index (χ1n) is 8.68. The van der Waals surface area contributed by atoms with Gasteiger partial charge in [0.05, 0.1) is 24.8 Å². The van der Waals surface area contributed by atoms with Gasteiger partial charge in [0.25, 0.3) is 5.56 Å². The van der Waals surface area contributed by atoms with Crippen molar-refractivity contribution in [3.63, 3.8) is 0 Å². The van der Waals surface area contributed by atoms with Crippen LogP contribution >= 0.6 is 0 Å². The van der Waals surface area contributed by atoms with Crippen molar-refractivity contribution in [1.29, 1.82) is 0 Å². The molecular weight excluding hydrogens is 326 g/mol. The monoisotopic (exact) mass is 353 g/mol. The van der Waals surface area contributed by atoms with Crippen LogP contribution < -0.4 is 5.56 Å². The minimum atomic E-state index is -3.24. The lowest BCUT2D eigenvalue weighted by Crippen LogP contribution is -2.40. The maximum Gasteiger partial charge on any atom is 0.256 e. The van der Waals surface area contributed by atoms with Gasteiger partial charge < -0.3 is 0 Å². The summed E-state index contributed by atoms with van der Waals surface area (Å²) in [4.78, 5) is 17.1. The Morgan fingerprint density at radius 1 is 1.29 bits per heavy atom. The van der Waals surface area contributed by atoms with Crippen molar-refractivity contribution in [3.05, 3.63) is 27.9 Å². The van der Waals surface area contributed by atoms with E-state index in [2.05, 4.69) is 18.8 Å². The molecule has 7 heteroatoms. The number of hydrogen-bond donors (Lipinski definition) is 0. The molecule has 0 N–H and O–H groups in total. The predicted molar refractivity (Wildman–Crippen MR) is 93.2 cm³/mol. The number of nitrogens with zero attached hydrogens (tertiary/aromatic N) is 3. The van der Waals surface area contributed by atoms with Crippen LogP contribution in [0.5, 0.6) is 0 Å². The molecule has 0 saturated heterocycles. The maximum atomic E-state index is 12.7. The number of hydrogen-bond acceptors (Lipinski definition) is 4. The zero-order valence-corrected chi connectivity index (χ0v) is 15.6. The molecule has 3 rings (SSSR count). The van der Waals surface area contributed by atoms with Crippen LogP contribution in [-0.2, 0) is 29.5 Å². The van der Waals surface area contributed by atoms with Crippen molar-refractivity contribution in [1.82, 2.24) is 13.9 Å². The number of sulfonamides is 1. The number of rotatable bonds is 3. The van der Waals surface area contributed by atoms with E-state index >= 15 is 0 Å². The lowest BCUT2D eigenvalue weighted by atomic mass is 9.73. The van der Waals surface area contributed by atoms with Crippen molar-refractivity contribution in [2.75, 3.05) is 12.8 Å². The van der Waals surface area contributed by atoms with Crippen molar-refractivity contribution < 1.29 is 8.42 Å². The summed E-state index contributed by atoms with van der Waals surface area (Å²) in [5, 5.41) is 0. The SMILES string of the molecule is CC1(C)CCC(Cn2cnc3c(c2=O)CCN(S(C)(=O)=O)C3)CC1. The lowest BCUT2D eigenvalue weighted by molar-refractivity contribution is 0.177. The molecule has 0 aromatic carbocycles. The Morgan fingerprint density at radius 3 is 2.58 bits per heavy atom. The summed E-state index contributed by atoms with van der Waals surface area (Å²) < 4.78 is 26.5. The molecule has 0 radical (unpaired) electrons. The van der Waals surface area contributed by atoms with Gasteiger partial charge in [-0.15, -0.1) is 0 Å². The summed E-state index contributed by atoms with van der Waals surface area (Å²) in [5.74, 6) is 0.534. The van der Waals surface area contributed by atoms with Crippen LogP contribution in [0.3, 0.4) is 0 Å². The van der Waals surface area contributed by atoms with Crippen molar-refractivity contribution in [2.24, 2.45) is 11.3 Å². The second-order valence-corrected chi connectivity index (χ2v) is 10.1. The van der Waals surface area contributed by atoms with E-state index in [1.54, 1.807) is 10.9 Å². The molecule has 0 amide bonds. The molecule has 1 aliphatic carbocycles. The highest BCUT2D eigenvalue weighted by molar-refractivity contribution is 7.88. The molecule has 1 fully saturated rings. The minimum absolute atomic E-state index is 0.0120. The summed E-state index contributed by atoms with van der Waals surface area (Å²) in [6.07, 6.45) is 7.96. The second-order valence-electron chi connectivity index (χ2n) is 8.08. The molecule has 6 nitrogen and oxygen atoms in total. The molecular formula is C17H27N3O3S. The highest BCUT2D eigenvalue weighted by Crippen LogP contribution is 2.38. The zero-order valence-electron chi connectivity index (χ0n) is 14.8. The molecule has 1 saturated carbocycles. The highest BCUT2D eigenvalue weighted by atomic mass is 32.2. The molecule has 0 spiro atoms. The van der Waals surface area contributed by atoms with E-state index in [9.17, 15) is 13.2 Å². The number of fused-ring (bicyclic) bond motifs is 1. The lowest BCUT2D eigenvalue weighted by Gasteiger charge is -2.34. The Bertz CT molecular complexity index is 773. The Balaban J connectivity index is 1.75. The molecule has 2 aliphatic rings. The standard InChI is InChI=1S/C17H27N3O3S/c1-17(2)7-4-13(5-8-17)10-19-12-18-15-11-20(24(3,22)23)9-6-14(15)16(19)21/h12-13H,4-11H2,1-3H3. The Labute approximate surface area is 143 Å². The third kappa shape index (κ3) is 3.72. The summed E-state index contributed by atoms with van der Waals surface area (Å²) in [6.45, 7) is 5.92. The van der Waals surface area contributed by atoms with Gasteiger partial charge in [-0.25, -0.2) is 13.4 Å². The van der Waals surface area contributed by atoms with Gasteiger partial charge >= 0.3 is 0 Å². The number of aromatic nitrogens is 2. The first-order valence-corrected chi connectivity index (χ1v) is 10.5. The molecule has 0 atom stereocenters. The normalized spacial score (nSPS) is 22.3. The fourth-order valence-electron chi connectivity index (χ4n) is 3.77. The highest BCUT2D eigenvalue weighted by Gasteiger charge is 2.29. The third-order valence-electron chi connectivity index (χ3n) is 5.54. The van der Waals surface area contributed by atoms with Crippen molar-refractivity contribution in [2.45, 2.75) is 59.0 Å². The van der Waals surface area contributed by atoms with Crippen LogP contribution in [-0.4, -0.2) is 35.1 Å². The second kappa shape index (κ2) is 6.26. The predicted octanol–water partition coefficient (Wildman–Crippen LogP) is 1.78. The molecule has 1 aromatic rings. The van der Waals surface area contributed by atoms with Crippen LogP contribution in [0.2, 0.25) is 0 Å². The summed E-state index contributed by atoms with van der Waals surface area (Å²) in [6, 6.07) is 0. The zero-order chi connectivity index (χ0) is 17.5. The van der Waals surface area contributed by atoms with E-state index in [1.807, 2.05) is 0 Å². The summed E-state index contributed by atoms with van der Waals surface area (Å²) in [5.41, 5.74) is 1.73. The third-order valence-corrected chi connectivity index (χ3v) is 6.79. The topological polar surface area (TPSA) is 72.3 Å². The molecule has 1 aliphatic heterocycles. The van der Waals surface area contributed by atoms with Crippen LogP contribution in [0.1, 0.15) is 50.8 Å². The van der Waals surface area contributed by atoms with E-state index in [0.717, 1.165) is 19.4 Å². The Kier molecular flexibility index (Phi) is 4.59. The first kappa shape index (κ1) is 17.6. The Hall–Kier alpha value is -1.21. The van der Waals surface area contributed by atoms with Gasteiger partial charge in [-0.1, -0.05) is 13.8 Å². The molecule has 24 heavy (non-hydrogen) atoms. The van der Waals surface area contributed by atoms with E-state index in [1.165, 1.54) is 23.4 Å².